The van der Waals surface area contributed by atoms with E-state index in [1.54, 1.807) is 54.1 Å². The molecule has 0 aliphatic rings. The van der Waals surface area contributed by atoms with E-state index in [1.165, 1.54) is 16.4 Å². The molecular weight excluding hydrogens is 448 g/mol. The average molecular weight is 475 g/mol. The first-order valence-electron chi connectivity index (χ1n) is 10.9. The number of nitrogens with one attached hydrogen (secondary N) is 1. The first-order chi connectivity index (χ1) is 16.3. The molecule has 1 aromatic heterocycles. The van der Waals surface area contributed by atoms with Gasteiger partial charge in [0.2, 0.25) is 0 Å². The molecule has 34 heavy (non-hydrogen) atoms. The molecule has 0 fully saturated rings. The quantitative estimate of drug-likeness (QED) is 0.410. The third-order valence-corrected chi connectivity index (χ3v) is 7.30. The minimum absolute atomic E-state index is 0.0534. The molecule has 174 valence electrons. The Morgan fingerprint density at radius 1 is 0.941 bits per heavy atom. The van der Waals surface area contributed by atoms with E-state index < -0.39 is 15.9 Å². The SMILES string of the molecule is CCN(c1ccccc1)S(=O)(=O)c1cccc(C(=O)Nc2ccccc2-n2nc(C)cc2C)c1. The highest BCUT2D eigenvalue weighted by Crippen LogP contribution is 2.25. The predicted octanol–water partition coefficient (Wildman–Crippen LogP) is 4.96. The Kier molecular flexibility index (Phi) is 6.51. The van der Waals surface area contributed by atoms with Crippen molar-refractivity contribution in [2.24, 2.45) is 0 Å². The molecule has 0 saturated heterocycles. The Balaban J connectivity index is 1.65. The second-order valence-electron chi connectivity index (χ2n) is 7.84. The van der Waals surface area contributed by atoms with Crippen LogP contribution in [0.2, 0.25) is 0 Å². The van der Waals surface area contributed by atoms with Crippen molar-refractivity contribution in [2.75, 3.05) is 16.2 Å². The monoisotopic (exact) mass is 474 g/mol. The summed E-state index contributed by atoms with van der Waals surface area (Å²) in [5.74, 6) is -0.409. The first kappa shape index (κ1) is 23.3. The molecule has 0 aliphatic heterocycles. The lowest BCUT2D eigenvalue weighted by molar-refractivity contribution is 0.102. The van der Waals surface area contributed by atoms with E-state index in [0.717, 1.165) is 17.1 Å². The van der Waals surface area contributed by atoms with Crippen LogP contribution in [0.15, 0.2) is 89.8 Å². The Hall–Kier alpha value is -3.91. The highest BCUT2D eigenvalue weighted by molar-refractivity contribution is 7.92. The van der Waals surface area contributed by atoms with Gasteiger partial charge in [0.15, 0.2) is 0 Å². The van der Waals surface area contributed by atoms with Crippen molar-refractivity contribution in [2.45, 2.75) is 25.7 Å². The number of sulfonamides is 1. The molecule has 1 N–H and O–H groups in total. The standard InChI is InChI=1S/C26H26N4O3S/c1-4-29(22-12-6-5-7-13-22)34(32,33)23-14-10-11-21(18-23)26(31)27-24-15-8-9-16-25(24)30-20(3)17-19(2)28-30/h5-18H,4H2,1-3H3,(H,27,31). The van der Waals surface area contributed by atoms with Crippen LogP contribution in [0, 0.1) is 13.8 Å². The smallest absolute Gasteiger partial charge is 0.264 e. The molecule has 0 bridgehead atoms. The lowest BCUT2D eigenvalue weighted by Gasteiger charge is -2.23. The molecule has 0 aliphatic carbocycles. The van der Waals surface area contributed by atoms with Gasteiger partial charge in [-0.2, -0.15) is 5.10 Å². The van der Waals surface area contributed by atoms with E-state index in [2.05, 4.69) is 10.4 Å². The number of para-hydroxylation sites is 3. The van der Waals surface area contributed by atoms with E-state index in [9.17, 15) is 13.2 Å². The van der Waals surface area contributed by atoms with Gasteiger partial charge in [-0.15, -0.1) is 0 Å². The minimum Gasteiger partial charge on any atom is -0.320 e. The van der Waals surface area contributed by atoms with Gasteiger partial charge in [-0.05, 0) is 69.3 Å². The molecule has 1 amide bonds. The fourth-order valence-electron chi connectivity index (χ4n) is 3.84. The number of rotatable bonds is 7. The highest BCUT2D eigenvalue weighted by Gasteiger charge is 2.24. The van der Waals surface area contributed by atoms with Gasteiger partial charge in [0.25, 0.3) is 15.9 Å². The van der Waals surface area contributed by atoms with E-state index in [0.29, 0.717) is 11.4 Å². The molecular formula is C26H26N4O3S. The van der Waals surface area contributed by atoms with Gasteiger partial charge in [0.1, 0.15) is 0 Å². The van der Waals surface area contributed by atoms with Crippen molar-refractivity contribution in [3.05, 3.63) is 102 Å². The third-order valence-electron chi connectivity index (χ3n) is 5.41. The van der Waals surface area contributed by atoms with Crippen molar-refractivity contribution in [3.63, 3.8) is 0 Å². The van der Waals surface area contributed by atoms with Crippen LogP contribution in [0.1, 0.15) is 28.7 Å². The maximum atomic E-state index is 13.4. The number of amides is 1. The number of benzene rings is 3. The van der Waals surface area contributed by atoms with Crippen molar-refractivity contribution < 1.29 is 13.2 Å². The molecule has 0 radical (unpaired) electrons. The van der Waals surface area contributed by atoms with Crippen molar-refractivity contribution in [3.8, 4) is 5.69 Å². The van der Waals surface area contributed by atoms with E-state index in [4.69, 9.17) is 0 Å². The van der Waals surface area contributed by atoms with Crippen LogP contribution in [0.5, 0.6) is 0 Å². The number of anilines is 2. The summed E-state index contributed by atoms with van der Waals surface area (Å²) < 4.78 is 29.8. The Morgan fingerprint density at radius 3 is 2.32 bits per heavy atom. The summed E-state index contributed by atoms with van der Waals surface area (Å²) in [6, 6.07) is 24.3. The molecule has 0 saturated carbocycles. The summed E-state index contributed by atoms with van der Waals surface area (Å²) in [6.45, 7) is 5.89. The van der Waals surface area contributed by atoms with Crippen LogP contribution in [-0.4, -0.2) is 30.7 Å². The van der Waals surface area contributed by atoms with Gasteiger partial charge >= 0.3 is 0 Å². The molecule has 3 aromatic carbocycles. The number of aryl methyl sites for hydroxylation is 2. The lowest BCUT2D eigenvalue weighted by atomic mass is 10.2. The van der Waals surface area contributed by atoms with E-state index in [1.807, 2.05) is 44.2 Å². The molecule has 0 spiro atoms. The van der Waals surface area contributed by atoms with Crippen LogP contribution in [0.3, 0.4) is 0 Å². The van der Waals surface area contributed by atoms with Gasteiger partial charge in [-0.1, -0.05) is 36.4 Å². The Bertz CT molecular complexity index is 1430. The fraction of sp³-hybridized carbons (Fsp3) is 0.154. The molecule has 4 rings (SSSR count). The van der Waals surface area contributed by atoms with Gasteiger partial charge < -0.3 is 5.32 Å². The van der Waals surface area contributed by atoms with Gasteiger partial charge in [-0.3, -0.25) is 9.10 Å². The van der Waals surface area contributed by atoms with Crippen molar-refractivity contribution in [1.82, 2.24) is 9.78 Å². The zero-order chi connectivity index (χ0) is 24.3. The Morgan fingerprint density at radius 2 is 1.65 bits per heavy atom. The summed E-state index contributed by atoms with van der Waals surface area (Å²) in [7, 11) is -3.85. The maximum absolute atomic E-state index is 13.4. The lowest BCUT2D eigenvalue weighted by Crippen LogP contribution is -2.31. The van der Waals surface area contributed by atoms with E-state index in [-0.39, 0.29) is 17.0 Å². The molecule has 7 nitrogen and oxygen atoms in total. The normalized spacial score (nSPS) is 11.3. The van der Waals surface area contributed by atoms with Gasteiger partial charge in [-0.25, -0.2) is 13.1 Å². The van der Waals surface area contributed by atoms with Crippen molar-refractivity contribution in [1.29, 1.82) is 0 Å². The number of hydrogen-bond acceptors (Lipinski definition) is 4. The summed E-state index contributed by atoms with van der Waals surface area (Å²) in [5, 5.41) is 7.41. The van der Waals surface area contributed by atoms with Crippen LogP contribution in [-0.2, 0) is 10.0 Å². The molecule has 4 aromatic rings. The summed E-state index contributed by atoms with van der Waals surface area (Å²) >= 11 is 0. The number of hydrogen-bond donors (Lipinski definition) is 1. The summed E-state index contributed by atoms with van der Waals surface area (Å²) in [6.07, 6.45) is 0. The van der Waals surface area contributed by atoms with E-state index >= 15 is 0 Å². The van der Waals surface area contributed by atoms with Crippen LogP contribution >= 0.6 is 0 Å². The van der Waals surface area contributed by atoms with Crippen LogP contribution < -0.4 is 9.62 Å². The largest absolute Gasteiger partial charge is 0.320 e. The van der Waals surface area contributed by atoms with Crippen LogP contribution in [0.25, 0.3) is 5.69 Å². The van der Waals surface area contributed by atoms with Gasteiger partial charge in [0.05, 0.1) is 27.7 Å². The number of aromatic nitrogens is 2. The summed E-state index contributed by atoms with van der Waals surface area (Å²) in [5.41, 5.74) is 3.92. The highest BCUT2D eigenvalue weighted by atomic mass is 32.2. The average Bonchev–Trinajstić information content (AvgIpc) is 3.18. The van der Waals surface area contributed by atoms with Crippen LogP contribution in [0.4, 0.5) is 11.4 Å². The molecule has 0 atom stereocenters. The number of carbonyl (C=O) groups is 1. The fourth-order valence-corrected chi connectivity index (χ4v) is 5.36. The molecule has 1 heterocycles. The second-order valence-corrected chi connectivity index (χ2v) is 9.71. The molecule has 8 heteroatoms. The van der Waals surface area contributed by atoms with Crippen molar-refractivity contribution >= 4 is 27.3 Å². The zero-order valence-electron chi connectivity index (χ0n) is 19.3. The van der Waals surface area contributed by atoms with Gasteiger partial charge in [0, 0.05) is 17.8 Å². The molecule has 0 unspecified atom stereocenters. The Labute approximate surface area is 199 Å². The minimum atomic E-state index is -3.85. The third kappa shape index (κ3) is 4.58. The maximum Gasteiger partial charge on any atom is 0.264 e. The number of carbonyl (C=O) groups excluding carboxylic acids is 1. The topological polar surface area (TPSA) is 84.3 Å². The zero-order valence-corrected chi connectivity index (χ0v) is 20.1. The second kappa shape index (κ2) is 9.52. The predicted molar refractivity (Wildman–Crippen MR) is 134 cm³/mol. The first-order valence-corrected chi connectivity index (χ1v) is 12.4. The number of nitrogens with zero attached hydrogens (tertiary/aromatic N) is 3. The summed E-state index contributed by atoms with van der Waals surface area (Å²) in [4.78, 5) is 13.2.